The molecule has 0 aliphatic heterocycles. The third-order valence-corrected chi connectivity index (χ3v) is 4.51. The van der Waals surface area contributed by atoms with Gasteiger partial charge < -0.3 is 10.3 Å². The van der Waals surface area contributed by atoms with Gasteiger partial charge >= 0.3 is 0 Å². The van der Waals surface area contributed by atoms with Gasteiger partial charge in [-0.3, -0.25) is 0 Å². The van der Waals surface area contributed by atoms with Crippen molar-refractivity contribution < 1.29 is 0 Å². The van der Waals surface area contributed by atoms with E-state index in [-0.39, 0.29) is 6.04 Å². The molecule has 102 valence electrons. The van der Waals surface area contributed by atoms with Gasteiger partial charge in [0.15, 0.2) is 0 Å². The number of hydrogen-bond acceptors (Lipinski definition) is 2. The predicted octanol–water partition coefficient (Wildman–Crippen LogP) is 3.68. The normalized spacial score (nSPS) is 26.5. The molecule has 1 fully saturated rings. The minimum atomic E-state index is 0.104. The third kappa shape index (κ3) is 2.61. The summed E-state index contributed by atoms with van der Waals surface area (Å²) in [7, 11) is 0. The Labute approximate surface area is 111 Å². The highest BCUT2D eigenvalue weighted by molar-refractivity contribution is 5.08. The second-order valence-electron chi connectivity index (χ2n) is 6.02. The van der Waals surface area contributed by atoms with Crippen molar-refractivity contribution in [3.8, 4) is 0 Å². The molecule has 1 aromatic heterocycles. The molecule has 0 bridgehead atoms. The molecule has 0 amide bonds. The highest BCUT2D eigenvalue weighted by atomic mass is 15.1. The molecule has 2 N–H and O–H groups in total. The van der Waals surface area contributed by atoms with Crippen LogP contribution in [0.3, 0.4) is 0 Å². The smallest absolute Gasteiger partial charge is 0.0951 e. The van der Waals surface area contributed by atoms with Gasteiger partial charge in [0.25, 0.3) is 0 Å². The second-order valence-corrected chi connectivity index (χ2v) is 6.02. The van der Waals surface area contributed by atoms with Gasteiger partial charge in [-0.1, -0.05) is 40.0 Å². The van der Waals surface area contributed by atoms with E-state index in [2.05, 4.69) is 30.3 Å². The summed E-state index contributed by atoms with van der Waals surface area (Å²) in [6, 6.07) is 0.720. The largest absolute Gasteiger partial charge is 0.330 e. The van der Waals surface area contributed by atoms with E-state index in [9.17, 15) is 0 Å². The summed E-state index contributed by atoms with van der Waals surface area (Å²) >= 11 is 0. The minimum Gasteiger partial charge on any atom is -0.330 e. The molecule has 3 atom stereocenters. The minimum absolute atomic E-state index is 0.104. The SMILES string of the molecule is CCC1CCCCC1n1cncc1C(N)C(C)C. The zero-order valence-electron chi connectivity index (χ0n) is 12.0. The molecule has 1 aliphatic rings. The Kier molecular flexibility index (Phi) is 4.44. The number of nitrogens with two attached hydrogens (primary N) is 1. The fourth-order valence-corrected chi connectivity index (χ4v) is 3.22. The Bertz CT molecular complexity index is 370. The van der Waals surface area contributed by atoms with E-state index < -0.39 is 0 Å². The molecule has 0 aromatic carbocycles. The Hall–Kier alpha value is -0.830. The van der Waals surface area contributed by atoms with Crippen molar-refractivity contribution in [1.82, 2.24) is 9.55 Å². The van der Waals surface area contributed by atoms with Crippen LogP contribution in [-0.2, 0) is 0 Å². The van der Waals surface area contributed by atoms with E-state index in [4.69, 9.17) is 5.73 Å². The number of aromatic nitrogens is 2. The maximum Gasteiger partial charge on any atom is 0.0951 e. The number of imidazole rings is 1. The molecule has 3 unspecified atom stereocenters. The van der Waals surface area contributed by atoms with Crippen LogP contribution in [0.2, 0.25) is 0 Å². The molecule has 1 aromatic rings. The zero-order chi connectivity index (χ0) is 13.1. The highest BCUT2D eigenvalue weighted by Crippen LogP contribution is 2.37. The Balaban J connectivity index is 2.24. The van der Waals surface area contributed by atoms with Crippen LogP contribution in [0, 0.1) is 11.8 Å². The highest BCUT2D eigenvalue weighted by Gasteiger charge is 2.28. The van der Waals surface area contributed by atoms with Gasteiger partial charge in [0.2, 0.25) is 0 Å². The van der Waals surface area contributed by atoms with Crippen molar-refractivity contribution in [2.24, 2.45) is 17.6 Å². The molecule has 1 saturated carbocycles. The molecule has 1 aliphatic carbocycles. The monoisotopic (exact) mass is 249 g/mol. The molecule has 0 spiro atoms. The maximum absolute atomic E-state index is 6.32. The number of rotatable bonds is 4. The summed E-state index contributed by atoms with van der Waals surface area (Å²) in [6.45, 7) is 6.67. The molecule has 18 heavy (non-hydrogen) atoms. The van der Waals surface area contributed by atoms with Crippen molar-refractivity contribution in [3.05, 3.63) is 18.2 Å². The fraction of sp³-hybridized carbons (Fsp3) is 0.800. The maximum atomic E-state index is 6.32. The Morgan fingerprint density at radius 3 is 2.78 bits per heavy atom. The van der Waals surface area contributed by atoms with Crippen LogP contribution in [0.15, 0.2) is 12.5 Å². The van der Waals surface area contributed by atoms with E-state index >= 15 is 0 Å². The van der Waals surface area contributed by atoms with Crippen LogP contribution in [0.5, 0.6) is 0 Å². The van der Waals surface area contributed by atoms with Crippen molar-refractivity contribution in [1.29, 1.82) is 0 Å². The van der Waals surface area contributed by atoms with Gasteiger partial charge in [-0.2, -0.15) is 0 Å². The summed E-state index contributed by atoms with van der Waals surface area (Å²) in [4.78, 5) is 4.35. The molecule has 3 nitrogen and oxygen atoms in total. The van der Waals surface area contributed by atoms with Crippen molar-refractivity contribution >= 4 is 0 Å². The van der Waals surface area contributed by atoms with Gasteiger partial charge in [-0.05, 0) is 24.7 Å². The lowest BCUT2D eigenvalue weighted by Gasteiger charge is -2.34. The lowest BCUT2D eigenvalue weighted by molar-refractivity contribution is 0.225. The van der Waals surface area contributed by atoms with Gasteiger partial charge in [0.05, 0.1) is 12.0 Å². The summed E-state index contributed by atoms with van der Waals surface area (Å²) in [6.07, 6.45) is 10.6. The molecule has 0 saturated heterocycles. The van der Waals surface area contributed by atoms with Crippen molar-refractivity contribution in [3.63, 3.8) is 0 Å². The molecule has 1 heterocycles. The fourth-order valence-electron chi connectivity index (χ4n) is 3.22. The Morgan fingerprint density at radius 1 is 1.39 bits per heavy atom. The molecule has 2 rings (SSSR count). The standard InChI is InChI=1S/C15H27N3/c1-4-12-7-5-6-8-13(12)18-10-17-9-14(18)15(16)11(2)3/h9-13,15H,4-8,16H2,1-3H3. The van der Waals surface area contributed by atoms with Crippen LogP contribution in [0.4, 0.5) is 0 Å². The van der Waals surface area contributed by atoms with E-state index in [1.165, 1.54) is 37.8 Å². The van der Waals surface area contributed by atoms with E-state index in [0.717, 1.165) is 5.92 Å². The van der Waals surface area contributed by atoms with Crippen LogP contribution < -0.4 is 5.73 Å². The van der Waals surface area contributed by atoms with E-state index in [0.29, 0.717) is 12.0 Å². The molecular weight excluding hydrogens is 222 g/mol. The average Bonchev–Trinajstić information content (AvgIpc) is 2.86. The lowest BCUT2D eigenvalue weighted by atomic mass is 9.82. The summed E-state index contributed by atoms with van der Waals surface area (Å²) in [5.74, 6) is 1.26. The zero-order valence-corrected chi connectivity index (χ0v) is 12.0. The van der Waals surface area contributed by atoms with Crippen LogP contribution >= 0.6 is 0 Å². The topological polar surface area (TPSA) is 43.8 Å². The van der Waals surface area contributed by atoms with Crippen molar-refractivity contribution in [2.45, 2.75) is 65.0 Å². The first-order valence-corrected chi connectivity index (χ1v) is 7.42. The number of nitrogens with zero attached hydrogens (tertiary/aromatic N) is 2. The van der Waals surface area contributed by atoms with Gasteiger partial charge in [-0.15, -0.1) is 0 Å². The van der Waals surface area contributed by atoms with Gasteiger partial charge in [0.1, 0.15) is 0 Å². The molecule has 3 heteroatoms. The first-order chi connectivity index (χ1) is 8.65. The van der Waals surface area contributed by atoms with Crippen molar-refractivity contribution in [2.75, 3.05) is 0 Å². The quantitative estimate of drug-likeness (QED) is 0.884. The molecule has 0 radical (unpaired) electrons. The van der Waals surface area contributed by atoms with Crippen LogP contribution in [0.1, 0.15) is 70.7 Å². The van der Waals surface area contributed by atoms with Gasteiger partial charge in [-0.25, -0.2) is 4.98 Å². The molecular formula is C15H27N3. The number of hydrogen-bond donors (Lipinski definition) is 1. The second kappa shape index (κ2) is 5.87. The summed E-state index contributed by atoms with van der Waals surface area (Å²) < 4.78 is 2.37. The van der Waals surface area contributed by atoms with Crippen LogP contribution in [-0.4, -0.2) is 9.55 Å². The predicted molar refractivity (Wildman–Crippen MR) is 75.3 cm³/mol. The summed E-state index contributed by atoms with van der Waals surface area (Å²) in [5, 5.41) is 0. The van der Waals surface area contributed by atoms with E-state index in [1.807, 2.05) is 12.5 Å². The van der Waals surface area contributed by atoms with Crippen LogP contribution in [0.25, 0.3) is 0 Å². The average molecular weight is 249 g/mol. The first-order valence-electron chi connectivity index (χ1n) is 7.42. The third-order valence-electron chi connectivity index (χ3n) is 4.51. The first kappa shape index (κ1) is 13.6. The lowest BCUT2D eigenvalue weighted by Crippen LogP contribution is -2.27. The van der Waals surface area contributed by atoms with E-state index in [1.54, 1.807) is 0 Å². The summed E-state index contributed by atoms with van der Waals surface area (Å²) in [5.41, 5.74) is 7.53. The Morgan fingerprint density at radius 2 is 2.11 bits per heavy atom. The van der Waals surface area contributed by atoms with Gasteiger partial charge in [0, 0.05) is 18.3 Å².